The molecule has 3 saturated carbocycles. The fourth-order valence-electron chi connectivity index (χ4n) is 4.59. The fourth-order valence-corrected chi connectivity index (χ4v) is 4.59. The Morgan fingerprint density at radius 2 is 1.71 bits per heavy atom. The largest absolute Gasteiger partial charge is 0.310 e. The molecule has 0 amide bonds. The molecule has 3 fully saturated rings. The van der Waals surface area contributed by atoms with Crippen LogP contribution in [0.2, 0.25) is 0 Å². The monoisotopic (exact) mass is 235 g/mol. The van der Waals surface area contributed by atoms with Crippen molar-refractivity contribution in [2.45, 2.75) is 78.8 Å². The highest BCUT2D eigenvalue weighted by Gasteiger charge is 2.61. The van der Waals surface area contributed by atoms with Crippen molar-refractivity contribution in [2.24, 2.45) is 22.2 Å². The summed E-state index contributed by atoms with van der Waals surface area (Å²) in [6.45, 7) is 12.4. The van der Waals surface area contributed by atoms with Crippen molar-refractivity contribution in [2.75, 3.05) is 0 Å². The summed E-state index contributed by atoms with van der Waals surface area (Å²) in [4.78, 5) is 0. The van der Waals surface area contributed by atoms with E-state index in [4.69, 9.17) is 0 Å². The number of fused-ring (bicyclic) bond motifs is 2. The molecule has 17 heavy (non-hydrogen) atoms. The Hall–Kier alpha value is -0.0400. The molecule has 0 saturated heterocycles. The van der Waals surface area contributed by atoms with Gasteiger partial charge in [0.2, 0.25) is 0 Å². The van der Waals surface area contributed by atoms with Crippen LogP contribution in [0.3, 0.4) is 0 Å². The van der Waals surface area contributed by atoms with Gasteiger partial charge in [-0.05, 0) is 61.2 Å². The van der Waals surface area contributed by atoms with Gasteiger partial charge in [-0.25, -0.2) is 0 Å². The van der Waals surface area contributed by atoms with Crippen LogP contribution in [0.5, 0.6) is 0 Å². The van der Waals surface area contributed by atoms with Gasteiger partial charge in [0, 0.05) is 12.1 Å². The highest BCUT2D eigenvalue weighted by molar-refractivity contribution is 5.14. The smallest absolute Gasteiger partial charge is 0.0132 e. The Bertz CT molecular complexity index is 328. The zero-order valence-electron chi connectivity index (χ0n) is 12.3. The lowest BCUT2D eigenvalue weighted by molar-refractivity contribution is 0.110. The van der Waals surface area contributed by atoms with Crippen LogP contribution in [-0.4, -0.2) is 12.1 Å². The Labute approximate surface area is 107 Å². The fraction of sp³-hybridized carbons (Fsp3) is 1.00. The molecule has 1 heteroatoms. The zero-order chi connectivity index (χ0) is 12.5. The molecule has 0 aromatic rings. The molecule has 3 rings (SSSR count). The zero-order valence-corrected chi connectivity index (χ0v) is 12.3. The van der Waals surface area contributed by atoms with Gasteiger partial charge in [-0.2, -0.15) is 0 Å². The first-order valence-electron chi connectivity index (χ1n) is 7.56. The molecule has 3 aliphatic rings. The summed E-state index contributed by atoms with van der Waals surface area (Å²) in [6, 6.07) is 1.48. The molecule has 0 radical (unpaired) electrons. The van der Waals surface area contributed by atoms with Crippen LogP contribution < -0.4 is 5.32 Å². The van der Waals surface area contributed by atoms with E-state index in [1.165, 1.54) is 32.1 Å². The summed E-state index contributed by atoms with van der Waals surface area (Å²) in [5, 5.41) is 4.01. The maximum absolute atomic E-state index is 4.01. The Morgan fingerprint density at radius 1 is 1.06 bits per heavy atom. The number of hydrogen-bond acceptors (Lipinski definition) is 1. The summed E-state index contributed by atoms with van der Waals surface area (Å²) < 4.78 is 0. The Balaban J connectivity index is 1.74. The van der Waals surface area contributed by atoms with Crippen LogP contribution in [0.15, 0.2) is 0 Å². The van der Waals surface area contributed by atoms with Gasteiger partial charge in [-0.3, -0.25) is 0 Å². The van der Waals surface area contributed by atoms with Crippen LogP contribution in [0.25, 0.3) is 0 Å². The molecule has 0 aromatic heterocycles. The van der Waals surface area contributed by atoms with Gasteiger partial charge in [0.25, 0.3) is 0 Å². The van der Waals surface area contributed by atoms with E-state index in [9.17, 15) is 0 Å². The Kier molecular flexibility index (Phi) is 2.32. The average Bonchev–Trinajstić information content (AvgIpc) is 2.92. The number of nitrogens with one attached hydrogen (secondary N) is 1. The van der Waals surface area contributed by atoms with E-state index >= 15 is 0 Å². The SMILES string of the molecule is CC(NC1CC2CCC1(C)C2(C)C)C1(C)CC1. The topological polar surface area (TPSA) is 12.0 Å². The molecule has 0 aromatic carbocycles. The summed E-state index contributed by atoms with van der Waals surface area (Å²) in [5.74, 6) is 0.962. The van der Waals surface area contributed by atoms with Crippen molar-refractivity contribution >= 4 is 0 Å². The second kappa shape index (κ2) is 3.29. The van der Waals surface area contributed by atoms with Crippen LogP contribution in [-0.2, 0) is 0 Å². The van der Waals surface area contributed by atoms with Gasteiger partial charge in [0.15, 0.2) is 0 Å². The van der Waals surface area contributed by atoms with E-state index in [1.807, 2.05) is 0 Å². The molecule has 2 bridgehead atoms. The van der Waals surface area contributed by atoms with E-state index in [1.54, 1.807) is 0 Å². The van der Waals surface area contributed by atoms with Crippen molar-refractivity contribution in [3.8, 4) is 0 Å². The maximum Gasteiger partial charge on any atom is 0.0132 e. The lowest BCUT2D eigenvalue weighted by Gasteiger charge is -2.41. The van der Waals surface area contributed by atoms with Crippen molar-refractivity contribution in [3.05, 3.63) is 0 Å². The van der Waals surface area contributed by atoms with Crippen molar-refractivity contribution in [1.82, 2.24) is 5.32 Å². The van der Waals surface area contributed by atoms with Gasteiger partial charge in [0.1, 0.15) is 0 Å². The Morgan fingerprint density at radius 3 is 2.12 bits per heavy atom. The van der Waals surface area contributed by atoms with E-state index in [-0.39, 0.29) is 0 Å². The summed E-state index contributed by atoms with van der Waals surface area (Å²) in [6.07, 6.45) is 7.18. The van der Waals surface area contributed by atoms with Crippen LogP contribution in [0.4, 0.5) is 0 Å². The lowest BCUT2D eigenvalue weighted by Crippen LogP contribution is -2.49. The number of hydrogen-bond donors (Lipinski definition) is 1. The molecule has 3 aliphatic carbocycles. The average molecular weight is 235 g/mol. The van der Waals surface area contributed by atoms with E-state index in [0.717, 1.165) is 12.0 Å². The van der Waals surface area contributed by atoms with Crippen LogP contribution >= 0.6 is 0 Å². The first-order chi connectivity index (χ1) is 7.80. The van der Waals surface area contributed by atoms with Gasteiger partial charge >= 0.3 is 0 Å². The standard InChI is InChI=1S/C16H29N/c1-11(15(4)8-9-15)17-13-10-12-6-7-16(13,5)14(12,2)3/h11-13,17H,6-10H2,1-5H3. The van der Waals surface area contributed by atoms with E-state index in [2.05, 4.69) is 39.9 Å². The van der Waals surface area contributed by atoms with Crippen molar-refractivity contribution < 1.29 is 0 Å². The highest BCUT2D eigenvalue weighted by Crippen LogP contribution is 2.65. The molecule has 4 atom stereocenters. The normalized spacial score (nSPS) is 47.1. The van der Waals surface area contributed by atoms with E-state index in [0.29, 0.717) is 22.3 Å². The first kappa shape index (κ1) is 12.0. The molecule has 1 N–H and O–H groups in total. The molecular weight excluding hydrogens is 206 g/mol. The molecule has 0 aliphatic heterocycles. The maximum atomic E-state index is 4.01. The first-order valence-corrected chi connectivity index (χ1v) is 7.56. The molecule has 0 spiro atoms. The third kappa shape index (κ3) is 1.47. The minimum Gasteiger partial charge on any atom is -0.310 e. The van der Waals surface area contributed by atoms with Gasteiger partial charge in [-0.1, -0.05) is 27.7 Å². The lowest BCUT2D eigenvalue weighted by atomic mass is 9.69. The molecule has 98 valence electrons. The second-order valence-electron chi connectivity index (χ2n) is 8.21. The van der Waals surface area contributed by atoms with Crippen molar-refractivity contribution in [1.29, 1.82) is 0 Å². The third-order valence-corrected chi connectivity index (χ3v) is 7.33. The van der Waals surface area contributed by atoms with Gasteiger partial charge in [-0.15, -0.1) is 0 Å². The quantitative estimate of drug-likeness (QED) is 0.780. The summed E-state index contributed by atoms with van der Waals surface area (Å²) >= 11 is 0. The summed E-state index contributed by atoms with van der Waals surface area (Å²) in [7, 11) is 0. The second-order valence-corrected chi connectivity index (χ2v) is 8.21. The predicted octanol–water partition coefficient (Wildman–Crippen LogP) is 3.98. The van der Waals surface area contributed by atoms with E-state index < -0.39 is 0 Å². The van der Waals surface area contributed by atoms with Crippen LogP contribution in [0, 0.1) is 22.2 Å². The van der Waals surface area contributed by atoms with Crippen LogP contribution in [0.1, 0.15) is 66.7 Å². The predicted molar refractivity (Wildman–Crippen MR) is 73.0 cm³/mol. The molecule has 0 heterocycles. The minimum absolute atomic E-state index is 0.539. The highest BCUT2D eigenvalue weighted by atomic mass is 15.0. The molecular formula is C16H29N. The molecule has 4 unspecified atom stereocenters. The summed E-state index contributed by atoms with van der Waals surface area (Å²) in [5.41, 5.74) is 1.70. The minimum atomic E-state index is 0.539. The van der Waals surface area contributed by atoms with Gasteiger partial charge < -0.3 is 5.32 Å². The van der Waals surface area contributed by atoms with Gasteiger partial charge in [0.05, 0.1) is 0 Å². The molecule has 1 nitrogen and oxygen atoms in total. The van der Waals surface area contributed by atoms with Crippen molar-refractivity contribution in [3.63, 3.8) is 0 Å². The third-order valence-electron chi connectivity index (χ3n) is 7.33. The number of rotatable bonds is 3.